The largest absolute Gasteiger partial charge is 0.711 e. The van der Waals surface area contributed by atoms with E-state index < -0.39 is 0 Å². The van der Waals surface area contributed by atoms with Gasteiger partial charge in [0.25, 0.3) is 0 Å². The highest BCUT2D eigenvalue weighted by atomic mass is 16.5. The average molecular weight is 279 g/mol. The molecular formula is C16H13N3O2. The lowest BCUT2D eigenvalue weighted by Gasteiger charge is -2.13. The van der Waals surface area contributed by atoms with Gasteiger partial charge in [0, 0.05) is 6.07 Å². The van der Waals surface area contributed by atoms with Crippen LogP contribution in [0.3, 0.4) is 0 Å². The fraction of sp³-hybridized carbons (Fsp3) is 0.125. The van der Waals surface area contributed by atoms with Crippen LogP contribution in [0.1, 0.15) is 11.3 Å². The number of rotatable bonds is 1. The van der Waals surface area contributed by atoms with E-state index in [1.807, 2.05) is 18.2 Å². The zero-order valence-electron chi connectivity index (χ0n) is 11.2. The Hall–Kier alpha value is -2.82. The molecule has 1 aliphatic rings. The summed E-state index contributed by atoms with van der Waals surface area (Å²) in [5.74, 6) is 0.315. The van der Waals surface area contributed by atoms with Crippen LogP contribution in [0.15, 0.2) is 48.7 Å². The predicted molar refractivity (Wildman–Crippen MR) is 77.0 cm³/mol. The summed E-state index contributed by atoms with van der Waals surface area (Å²) in [4.78, 5) is 0. The van der Waals surface area contributed by atoms with Crippen molar-refractivity contribution in [3.05, 3.63) is 65.1 Å². The molecule has 0 aliphatic heterocycles. The third-order valence-corrected chi connectivity index (χ3v) is 3.87. The summed E-state index contributed by atoms with van der Waals surface area (Å²) < 4.78 is 2.02. The Bertz CT molecular complexity index is 839. The lowest BCUT2D eigenvalue weighted by atomic mass is 9.90. The standard InChI is InChI=1S/C16H13N3O2/c20-16-15-12-6-2-1-5-11(12)8-9-13(15)17-19(16)14-7-3-4-10-18(14)21/h1-7,10,20H,8-9H2. The van der Waals surface area contributed by atoms with Gasteiger partial charge in [0.05, 0.1) is 11.8 Å². The lowest BCUT2D eigenvalue weighted by Crippen LogP contribution is -2.31. The molecule has 1 aromatic carbocycles. The average Bonchev–Trinajstić information content (AvgIpc) is 2.85. The number of aromatic nitrogens is 3. The van der Waals surface area contributed by atoms with E-state index in [0.29, 0.717) is 10.5 Å². The van der Waals surface area contributed by atoms with Crippen molar-refractivity contribution in [2.24, 2.45) is 0 Å². The molecule has 3 aromatic rings. The number of hydrogen-bond acceptors (Lipinski definition) is 3. The first kappa shape index (κ1) is 12.0. The van der Waals surface area contributed by atoms with Crippen LogP contribution in [0.2, 0.25) is 0 Å². The van der Waals surface area contributed by atoms with Gasteiger partial charge in [-0.15, -0.1) is 0 Å². The van der Waals surface area contributed by atoms with Crippen molar-refractivity contribution in [3.63, 3.8) is 0 Å². The Kier molecular flexibility index (Phi) is 2.47. The quantitative estimate of drug-likeness (QED) is 0.547. The van der Waals surface area contributed by atoms with E-state index >= 15 is 0 Å². The van der Waals surface area contributed by atoms with Crippen LogP contribution in [0.25, 0.3) is 16.9 Å². The Balaban J connectivity index is 1.96. The maximum atomic E-state index is 11.9. The van der Waals surface area contributed by atoms with Crippen LogP contribution in [-0.4, -0.2) is 14.9 Å². The highest BCUT2D eigenvalue weighted by Gasteiger charge is 2.30. The molecule has 0 amide bonds. The van der Waals surface area contributed by atoms with E-state index in [4.69, 9.17) is 0 Å². The normalized spacial score (nSPS) is 12.8. The van der Waals surface area contributed by atoms with Crippen LogP contribution >= 0.6 is 0 Å². The molecule has 0 unspecified atom stereocenters. The number of pyridine rings is 1. The maximum Gasteiger partial charge on any atom is 0.318 e. The summed E-state index contributed by atoms with van der Waals surface area (Å²) in [6, 6.07) is 13.0. The molecule has 0 fully saturated rings. The molecule has 21 heavy (non-hydrogen) atoms. The highest BCUT2D eigenvalue weighted by molar-refractivity contribution is 5.76. The van der Waals surface area contributed by atoms with Crippen molar-refractivity contribution in [3.8, 4) is 22.8 Å². The molecule has 0 bridgehead atoms. The van der Waals surface area contributed by atoms with E-state index in [0.717, 1.165) is 29.7 Å². The second kappa shape index (κ2) is 4.34. The fourth-order valence-corrected chi connectivity index (χ4v) is 2.88. The molecule has 0 saturated carbocycles. The SMILES string of the molecule is [O-][n+]1ccccc1-n1nc2c(c1O)-c1ccccc1CC2. The highest BCUT2D eigenvalue weighted by Crippen LogP contribution is 2.39. The number of aryl methyl sites for hydroxylation is 2. The molecule has 0 atom stereocenters. The fourth-order valence-electron chi connectivity index (χ4n) is 2.88. The molecule has 5 heteroatoms. The summed E-state index contributed by atoms with van der Waals surface area (Å²) in [5.41, 5.74) is 3.76. The monoisotopic (exact) mass is 279 g/mol. The van der Waals surface area contributed by atoms with Gasteiger partial charge < -0.3 is 10.3 Å². The Morgan fingerprint density at radius 1 is 1.10 bits per heavy atom. The Labute approximate surface area is 121 Å². The van der Waals surface area contributed by atoms with Crippen LogP contribution in [0, 0.1) is 5.21 Å². The van der Waals surface area contributed by atoms with Gasteiger partial charge >= 0.3 is 11.7 Å². The smallest absolute Gasteiger partial charge is 0.318 e. The number of nitrogens with zero attached hydrogens (tertiary/aromatic N) is 3. The first-order valence-electron chi connectivity index (χ1n) is 6.83. The molecular weight excluding hydrogens is 266 g/mol. The summed E-state index contributed by atoms with van der Waals surface area (Å²) in [6.45, 7) is 0. The van der Waals surface area contributed by atoms with Crippen molar-refractivity contribution < 1.29 is 9.84 Å². The molecule has 104 valence electrons. The van der Waals surface area contributed by atoms with Gasteiger partial charge in [0.15, 0.2) is 0 Å². The summed E-state index contributed by atoms with van der Waals surface area (Å²) in [7, 11) is 0. The number of fused-ring (bicyclic) bond motifs is 3. The van der Waals surface area contributed by atoms with Crippen molar-refractivity contribution in [2.45, 2.75) is 12.8 Å². The van der Waals surface area contributed by atoms with Crippen LogP contribution in [0.5, 0.6) is 5.88 Å². The minimum absolute atomic E-state index is 0.0212. The maximum absolute atomic E-state index is 11.9. The molecule has 1 aliphatic carbocycles. The van der Waals surface area contributed by atoms with Crippen LogP contribution < -0.4 is 4.73 Å². The first-order chi connectivity index (χ1) is 10.3. The second-order valence-electron chi connectivity index (χ2n) is 5.10. The topological polar surface area (TPSA) is 65.0 Å². The van der Waals surface area contributed by atoms with Gasteiger partial charge in [-0.05, 0) is 30.0 Å². The van der Waals surface area contributed by atoms with Crippen molar-refractivity contribution in [1.82, 2.24) is 9.78 Å². The molecule has 1 N–H and O–H groups in total. The van der Waals surface area contributed by atoms with Gasteiger partial charge in [0.1, 0.15) is 5.69 Å². The van der Waals surface area contributed by atoms with Gasteiger partial charge in [-0.25, -0.2) is 4.73 Å². The molecule has 2 heterocycles. The lowest BCUT2D eigenvalue weighted by molar-refractivity contribution is -0.600. The summed E-state index contributed by atoms with van der Waals surface area (Å²) >= 11 is 0. The molecule has 0 spiro atoms. The number of aromatic hydroxyl groups is 1. The number of benzene rings is 1. The molecule has 5 nitrogen and oxygen atoms in total. The van der Waals surface area contributed by atoms with Crippen molar-refractivity contribution in [2.75, 3.05) is 0 Å². The van der Waals surface area contributed by atoms with E-state index in [1.165, 1.54) is 16.4 Å². The van der Waals surface area contributed by atoms with E-state index in [9.17, 15) is 10.3 Å². The summed E-state index contributed by atoms with van der Waals surface area (Å²) in [6.07, 6.45) is 3.05. The van der Waals surface area contributed by atoms with E-state index in [-0.39, 0.29) is 5.88 Å². The molecule has 2 aromatic heterocycles. The minimum atomic E-state index is 0.0212. The van der Waals surface area contributed by atoms with Crippen LogP contribution in [0.4, 0.5) is 0 Å². The third kappa shape index (κ3) is 1.71. The van der Waals surface area contributed by atoms with Gasteiger partial charge in [-0.2, -0.15) is 0 Å². The van der Waals surface area contributed by atoms with Crippen molar-refractivity contribution >= 4 is 0 Å². The predicted octanol–water partition coefficient (Wildman–Crippen LogP) is 1.98. The van der Waals surface area contributed by atoms with E-state index in [2.05, 4.69) is 11.2 Å². The third-order valence-electron chi connectivity index (χ3n) is 3.87. The van der Waals surface area contributed by atoms with E-state index in [1.54, 1.807) is 18.2 Å². The van der Waals surface area contributed by atoms with Gasteiger partial charge in [-0.1, -0.05) is 40.1 Å². The summed E-state index contributed by atoms with van der Waals surface area (Å²) in [5, 5.41) is 26.8. The van der Waals surface area contributed by atoms with Gasteiger partial charge in [-0.3, -0.25) is 0 Å². The first-order valence-corrected chi connectivity index (χ1v) is 6.83. The second-order valence-corrected chi connectivity index (χ2v) is 5.10. The van der Waals surface area contributed by atoms with Crippen LogP contribution in [-0.2, 0) is 12.8 Å². The number of hydrogen-bond donors (Lipinski definition) is 1. The zero-order valence-corrected chi connectivity index (χ0v) is 11.2. The molecule has 4 rings (SSSR count). The van der Waals surface area contributed by atoms with Gasteiger partial charge in [0.2, 0.25) is 0 Å². The molecule has 0 radical (unpaired) electrons. The molecule has 0 saturated heterocycles. The van der Waals surface area contributed by atoms with Crippen molar-refractivity contribution in [1.29, 1.82) is 0 Å². The Morgan fingerprint density at radius 3 is 2.76 bits per heavy atom. The zero-order chi connectivity index (χ0) is 14.4. The minimum Gasteiger partial charge on any atom is -0.711 e. The Morgan fingerprint density at radius 2 is 1.90 bits per heavy atom.